The van der Waals surface area contributed by atoms with E-state index in [4.69, 9.17) is 5.73 Å². The first kappa shape index (κ1) is 15.2. The van der Waals surface area contributed by atoms with Crippen LogP contribution in [0.2, 0.25) is 0 Å². The lowest BCUT2D eigenvalue weighted by molar-refractivity contribution is -0.122. The first-order valence-corrected chi connectivity index (χ1v) is 6.80. The van der Waals surface area contributed by atoms with E-state index in [0.29, 0.717) is 24.1 Å². The number of amides is 1. The van der Waals surface area contributed by atoms with E-state index in [1.165, 1.54) is 19.2 Å². The smallest absolute Gasteiger partial charge is 0.337 e. The highest BCUT2D eigenvalue weighted by Crippen LogP contribution is 2.20. The fourth-order valence-electron chi connectivity index (χ4n) is 2.41. The predicted octanol–water partition coefficient (Wildman–Crippen LogP) is 0.509. The van der Waals surface area contributed by atoms with Gasteiger partial charge in [-0.2, -0.15) is 0 Å². The van der Waals surface area contributed by atoms with Crippen molar-refractivity contribution in [1.29, 1.82) is 0 Å². The Kier molecular flexibility index (Phi) is 4.70. The van der Waals surface area contributed by atoms with Gasteiger partial charge in [0.15, 0.2) is 5.78 Å². The third-order valence-electron chi connectivity index (χ3n) is 3.65. The zero-order valence-corrected chi connectivity index (χ0v) is 11.8. The molecule has 1 heterocycles. The summed E-state index contributed by atoms with van der Waals surface area (Å²) < 4.78 is 4.60. The minimum absolute atomic E-state index is 0.170. The van der Waals surface area contributed by atoms with Gasteiger partial charge >= 0.3 is 5.97 Å². The number of ketones is 1. The van der Waals surface area contributed by atoms with Gasteiger partial charge in [-0.1, -0.05) is 12.1 Å². The Balaban J connectivity index is 2.18. The number of hydrogen-bond donors (Lipinski definition) is 2. The number of rotatable bonds is 3. The monoisotopic (exact) mass is 290 g/mol. The number of Topliss-reactive ketones (excluding diaryl/α,β-unsaturated/α-hetero) is 1. The average molecular weight is 290 g/mol. The summed E-state index contributed by atoms with van der Waals surface area (Å²) in [6.45, 7) is 0.539. The van der Waals surface area contributed by atoms with E-state index in [2.05, 4.69) is 10.1 Å². The molecule has 2 atom stereocenters. The van der Waals surface area contributed by atoms with Crippen molar-refractivity contribution >= 4 is 17.7 Å². The Morgan fingerprint density at radius 1 is 1.24 bits per heavy atom. The fraction of sp³-hybridized carbons (Fsp3) is 0.400. The maximum absolute atomic E-state index is 12.5. The summed E-state index contributed by atoms with van der Waals surface area (Å²) in [4.78, 5) is 35.5. The second-order valence-electron chi connectivity index (χ2n) is 5.00. The molecule has 1 aliphatic heterocycles. The van der Waals surface area contributed by atoms with E-state index in [1.54, 1.807) is 12.1 Å². The summed E-state index contributed by atoms with van der Waals surface area (Å²) in [7, 11) is 1.30. The normalized spacial score (nSPS) is 22.1. The van der Waals surface area contributed by atoms with Crippen molar-refractivity contribution in [3.63, 3.8) is 0 Å². The highest BCUT2D eigenvalue weighted by atomic mass is 16.5. The summed E-state index contributed by atoms with van der Waals surface area (Å²) in [6, 6.07) is 5.34. The van der Waals surface area contributed by atoms with Gasteiger partial charge in [-0.3, -0.25) is 9.59 Å². The first-order valence-electron chi connectivity index (χ1n) is 6.80. The van der Waals surface area contributed by atoms with Gasteiger partial charge in [0.1, 0.15) is 0 Å². The van der Waals surface area contributed by atoms with Gasteiger partial charge in [-0.15, -0.1) is 0 Å². The third kappa shape index (κ3) is 3.28. The summed E-state index contributed by atoms with van der Waals surface area (Å²) in [5.41, 5.74) is 6.67. The lowest BCUT2D eigenvalue weighted by Gasteiger charge is -2.18. The van der Waals surface area contributed by atoms with E-state index in [1.807, 2.05) is 0 Å². The van der Waals surface area contributed by atoms with Gasteiger partial charge in [-0.05, 0) is 25.0 Å². The number of carbonyl (C=O) groups is 3. The summed E-state index contributed by atoms with van der Waals surface area (Å²) in [5, 5.41) is 2.68. The molecule has 2 unspecified atom stereocenters. The molecule has 0 radical (unpaired) electrons. The molecule has 2 rings (SSSR count). The van der Waals surface area contributed by atoms with Crippen molar-refractivity contribution in [3.05, 3.63) is 35.4 Å². The van der Waals surface area contributed by atoms with Crippen LogP contribution in [-0.2, 0) is 9.53 Å². The highest BCUT2D eigenvalue weighted by Gasteiger charge is 2.32. The molecule has 1 aliphatic rings. The Labute approximate surface area is 122 Å². The lowest BCUT2D eigenvalue weighted by Crippen LogP contribution is -2.45. The molecule has 0 saturated carbocycles. The molecule has 1 fully saturated rings. The van der Waals surface area contributed by atoms with Gasteiger partial charge in [0.05, 0.1) is 18.7 Å². The van der Waals surface area contributed by atoms with E-state index in [0.717, 1.165) is 6.42 Å². The zero-order chi connectivity index (χ0) is 15.4. The van der Waals surface area contributed by atoms with Crippen LogP contribution in [0.3, 0.4) is 0 Å². The van der Waals surface area contributed by atoms with Gasteiger partial charge in [0, 0.05) is 18.0 Å². The molecule has 112 valence electrons. The summed E-state index contributed by atoms with van der Waals surface area (Å²) in [6.07, 6.45) is 1.29. The van der Waals surface area contributed by atoms with Crippen LogP contribution in [0.5, 0.6) is 0 Å². The number of carbonyl (C=O) groups excluding carboxylic acids is 3. The standard InChI is InChI=1S/C15H18N2O4/c1-21-15(20)10-6-4-9(5-7-10)13(18)11-3-2-8-17-14(19)12(11)16/h4-7,11-12H,2-3,8,16H2,1H3,(H,17,19). The average Bonchev–Trinajstić information content (AvgIpc) is 2.68. The number of ether oxygens (including phenoxy) is 1. The summed E-state index contributed by atoms with van der Waals surface area (Å²) >= 11 is 0. The van der Waals surface area contributed by atoms with Gasteiger partial charge in [0.25, 0.3) is 0 Å². The molecule has 0 aliphatic carbocycles. The van der Waals surface area contributed by atoms with Crippen LogP contribution in [0.1, 0.15) is 33.6 Å². The van der Waals surface area contributed by atoms with Crippen LogP contribution >= 0.6 is 0 Å². The van der Waals surface area contributed by atoms with Crippen molar-refractivity contribution in [2.24, 2.45) is 11.7 Å². The molecule has 6 nitrogen and oxygen atoms in total. The lowest BCUT2D eigenvalue weighted by atomic mass is 9.87. The second-order valence-corrected chi connectivity index (χ2v) is 5.00. The Hall–Kier alpha value is -2.21. The van der Waals surface area contributed by atoms with Gasteiger partial charge in [-0.25, -0.2) is 4.79 Å². The fourth-order valence-corrected chi connectivity index (χ4v) is 2.41. The minimum atomic E-state index is -0.833. The molecular formula is C15H18N2O4. The highest BCUT2D eigenvalue weighted by molar-refractivity contribution is 6.02. The van der Waals surface area contributed by atoms with Crippen LogP contribution in [0, 0.1) is 5.92 Å². The molecule has 3 N–H and O–H groups in total. The van der Waals surface area contributed by atoms with Crippen LogP contribution in [0.4, 0.5) is 0 Å². The topological polar surface area (TPSA) is 98.5 Å². The van der Waals surface area contributed by atoms with E-state index < -0.39 is 17.9 Å². The quantitative estimate of drug-likeness (QED) is 0.624. The molecule has 21 heavy (non-hydrogen) atoms. The van der Waals surface area contributed by atoms with Crippen molar-refractivity contribution in [1.82, 2.24) is 5.32 Å². The van der Waals surface area contributed by atoms with Crippen molar-refractivity contribution in [2.75, 3.05) is 13.7 Å². The van der Waals surface area contributed by atoms with Gasteiger partial charge in [0.2, 0.25) is 5.91 Å². The minimum Gasteiger partial charge on any atom is -0.465 e. The zero-order valence-electron chi connectivity index (χ0n) is 11.8. The van der Waals surface area contributed by atoms with E-state index in [9.17, 15) is 14.4 Å². The van der Waals surface area contributed by atoms with Crippen LogP contribution < -0.4 is 11.1 Å². The molecule has 1 aromatic rings. The van der Waals surface area contributed by atoms with Crippen LogP contribution in [-0.4, -0.2) is 37.4 Å². The van der Waals surface area contributed by atoms with Crippen molar-refractivity contribution in [3.8, 4) is 0 Å². The number of esters is 1. The predicted molar refractivity (Wildman–Crippen MR) is 75.8 cm³/mol. The molecule has 0 aromatic heterocycles. The molecular weight excluding hydrogens is 272 g/mol. The molecule has 0 bridgehead atoms. The molecule has 0 spiro atoms. The Morgan fingerprint density at radius 2 is 1.86 bits per heavy atom. The maximum atomic E-state index is 12.5. The largest absolute Gasteiger partial charge is 0.465 e. The van der Waals surface area contributed by atoms with Crippen molar-refractivity contribution < 1.29 is 19.1 Å². The number of methoxy groups -OCH3 is 1. The van der Waals surface area contributed by atoms with Crippen LogP contribution in [0.15, 0.2) is 24.3 Å². The van der Waals surface area contributed by atoms with Gasteiger partial charge < -0.3 is 15.8 Å². The van der Waals surface area contributed by atoms with Crippen molar-refractivity contribution in [2.45, 2.75) is 18.9 Å². The second kappa shape index (κ2) is 6.49. The third-order valence-corrected chi connectivity index (χ3v) is 3.65. The van der Waals surface area contributed by atoms with E-state index >= 15 is 0 Å². The van der Waals surface area contributed by atoms with E-state index in [-0.39, 0.29) is 11.7 Å². The number of nitrogens with two attached hydrogens (primary N) is 1. The SMILES string of the molecule is COC(=O)c1ccc(C(=O)C2CCCNC(=O)C2N)cc1. The molecule has 1 amide bonds. The maximum Gasteiger partial charge on any atom is 0.337 e. The number of hydrogen-bond acceptors (Lipinski definition) is 5. The molecule has 6 heteroatoms. The molecule has 1 saturated heterocycles. The Bertz CT molecular complexity index is 553. The Morgan fingerprint density at radius 3 is 2.48 bits per heavy atom. The molecule has 1 aromatic carbocycles. The number of benzene rings is 1. The first-order chi connectivity index (χ1) is 10.0. The number of nitrogens with one attached hydrogen (secondary N) is 1. The van der Waals surface area contributed by atoms with Crippen LogP contribution in [0.25, 0.3) is 0 Å². The summed E-state index contributed by atoms with van der Waals surface area (Å²) in [5.74, 6) is -1.45.